The van der Waals surface area contributed by atoms with E-state index < -0.39 is 11.7 Å². The third-order valence-electron chi connectivity index (χ3n) is 3.42. The normalized spacial score (nSPS) is 13.4. The second-order valence-corrected chi connectivity index (χ2v) is 4.86. The first-order valence-corrected chi connectivity index (χ1v) is 6.65. The summed E-state index contributed by atoms with van der Waals surface area (Å²) < 4.78 is 18.9. The highest BCUT2D eigenvalue weighted by atomic mass is 19.1. The third kappa shape index (κ3) is 2.50. The Bertz CT molecular complexity index is 761. The molecule has 6 heteroatoms. The Morgan fingerprint density at radius 3 is 2.82 bits per heavy atom. The van der Waals surface area contributed by atoms with Crippen LogP contribution in [0.25, 0.3) is 0 Å². The minimum atomic E-state index is -0.589. The van der Waals surface area contributed by atoms with Gasteiger partial charge in [-0.3, -0.25) is 9.59 Å². The Balaban J connectivity index is 1.86. The molecule has 2 aromatic carbocycles. The fraction of sp³-hybridized carbons (Fsp3) is 0.125. The van der Waals surface area contributed by atoms with Gasteiger partial charge in [-0.2, -0.15) is 0 Å². The molecular formula is C16H13FN2O3. The number of anilines is 2. The quantitative estimate of drug-likeness (QED) is 0.926. The average Bonchev–Trinajstić information content (AvgIpc) is 2.52. The Hall–Kier alpha value is -2.89. The van der Waals surface area contributed by atoms with E-state index in [9.17, 15) is 14.0 Å². The summed E-state index contributed by atoms with van der Waals surface area (Å²) in [5.74, 6) is -0.756. The van der Waals surface area contributed by atoms with Gasteiger partial charge in [-0.15, -0.1) is 0 Å². The van der Waals surface area contributed by atoms with Crippen LogP contribution < -0.4 is 15.0 Å². The number of rotatable bonds is 2. The highest BCUT2D eigenvalue weighted by molar-refractivity contribution is 6.05. The smallest absolute Gasteiger partial charge is 0.264 e. The van der Waals surface area contributed by atoms with Gasteiger partial charge < -0.3 is 15.0 Å². The van der Waals surface area contributed by atoms with Crippen molar-refractivity contribution >= 4 is 23.2 Å². The lowest BCUT2D eigenvalue weighted by Gasteiger charge is -2.26. The third-order valence-corrected chi connectivity index (χ3v) is 3.42. The van der Waals surface area contributed by atoms with E-state index in [1.807, 2.05) is 0 Å². The van der Waals surface area contributed by atoms with Crippen molar-refractivity contribution in [2.24, 2.45) is 0 Å². The van der Waals surface area contributed by atoms with E-state index in [2.05, 4.69) is 5.32 Å². The van der Waals surface area contributed by atoms with E-state index in [1.54, 1.807) is 31.3 Å². The molecule has 0 spiro atoms. The summed E-state index contributed by atoms with van der Waals surface area (Å²) in [4.78, 5) is 25.2. The topological polar surface area (TPSA) is 58.6 Å². The molecule has 1 heterocycles. The lowest BCUT2D eigenvalue weighted by Crippen LogP contribution is -2.35. The maximum atomic E-state index is 13.6. The number of hydrogen-bond donors (Lipinski definition) is 1. The predicted molar refractivity (Wildman–Crippen MR) is 79.7 cm³/mol. The van der Waals surface area contributed by atoms with Gasteiger partial charge in [-0.1, -0.05) is 12.1 Å². The number of halogens is 1. The number of carbonyl (C=O) groups is 2. The lowest BCUT2D eigenvalue weighted by atomic mass is 10.1. The molecule has 0 fully saturated rings. The largest absolute Gasteiger partial charge is 0.482 e. The first-order chi connectivity index (χ1) is 10.6. The van der Waals surface area contributed by atoms with Crippen LogP contribution in [0.3, 0.4) is 0 Å². The summed E-state index contributed by atoms with van der Waals surface area (Å²) in [5.41, 5.74) is 0.973. The Morgan fingerprint density at radius 2 is 2.05 bits per heavy atom. The Morgan fingerprint density at radius 1 is 1.27 bits per heavy atom. The molecule has 0 unspecified atom stereocenters. The molecule has 0 radical (unpaired) electrons. The van der Waals surface area contributed by atoms with Gasteiger partial charge in [-0.25, -0.2) is 4.39 Å². The van der Waals surface area contributed by atoms with Gasteiger partial charge in [0.2, 0.25) is 0 Å². The van der Waals surface area contributed by atoms with E-state index in [1.165, 1.54) is 23.1 Å². The molecule has 2 aromatic rings. The second-order valence-electron chi connectivity index (χ2n) is 4.86. The molecular weight excluding hydrogens is 287 g/mol. The van der Waals surface area contributed by atoms with Crippen LogP contribution >= 0.6 is 0 Å². The van der Waals surface area contributed by atoms with Crippen LogP contribution in [-0.4, -0.2) is 25.5 Å². The van der Waals surface area contributed by atoms with Crippen LogP contribution in [0.2, 0.25) is 0 Å². The van der Waals surface area contributed by atoms with Crippen LogP contribution in [0.4, 0.5) is 15.8 Å². The molecule has 0 saturated heterocycles. The molecule has 2 amide bonds. The van der Waals surface area contributed by atoms with Crippen LogP contribution in [0.15, 0.2) is 42.5 Å². The Labute approximate surface area is 126 Å². The van der Waals surface area contributed by atoms with Gasteiger partial charge >= 0.3 is 0 Å². The number of benzene rings is 2. The molecule has 0 atom stereocenters. The first kappa shape index (κ1) is 14.1. The molecule has 1 aliphatic rings. The molecule has 5 nitrogen and oxygen atoms in total. The maximum absolute atomic E-state index is 13.6. The minimum Gasteiger partial charge on any atom is -0.482 e. The van der Waals surface area contributed by atoms with Crippen molar-refractivity contribution in [3.63, 3.8) is 0 Å². The first-order valence-electron chi connectivity index (χ1n) is 6.65. The molecule has 22 heavy (non-hydrogen) atoms. The van der Waals surface area contributed by atoms with Gasteiger partial charge in [0.25, 0.3) is 11.8 Å². The van der Waals surface area contributed by atoms with Gasteiger partial charge in [0.15, 0.2) is 6.61 Å². The van der Waals surface area contributed by atoms with Gasteiger partial charge in [0.05, 0.1) is 11.3 Å². The maximum Gasteiger partial charge on any atom is 0.264 e. The van der Waals surface area contributed by atoms with Crippen LogP contribution in [0.5, 0.6) is 5.75 Å². The summed E-state index contributed by atoms with van der Waals surface area (Å²) in [6.45, 7) is -0.00949. The van der Waals surface area contributed by atoms with Crippen LogP contribution in [-0.2, 0) is 4.79 Å². The van der Waals surface area contributed by atoms with Crippen molar-refractivity contribution in [1.82, 2.24) is 0 Å². The number of hydrogen-bond acceptors (Lipinski definition) is 3. The van der Waals surface area contributed by atoms with E-state index in [-0.39, 0.29) is 18.1 Å². The molecule has 0 aliphatic carbocycles. The summed E-state index contributed by atoms with van der Waals surface area (Å²) in [6.07, 6.45) is 0. The molecule has 0 bridgehead atoms. The SMILES string of the molecule is CN1C(=O)COc2ccc(NC(=O)c3ccccc3F)cc21. The van der Waals surface area contributed by atoms with E-state index in [0.29, 0.717) is 17.1 Å². The summed E-state index contributed by atoms with van der Waals surface area (Å²) >= 11 is 0. The molecule has 1 N–H and O–H groups in total. The van der Waals surface area contributed by atoms with Crippen molar-refractivity contribution in [1.29, 1.82) is 0 Å². The van der Waals surface area contributed by atoms with E-state index >= 15 is 0 Å². The second kappa shape index (κ2) is 5.48. The molecule has 0 saturated carbocycles. The number of likely N-dealkylation sites (N-methyl/N-ethyl adjacent to an activating group) is 1. The van der Waals surface area contributed by atoms with Gasteiger partial charge in [0, 0.05) is 12.7 Å². The number of carbonyl (C=O) groups excluding carboxylic acids is 2. The monoisotopic (exact) mass is 300 g/mol. The van der Waals surface area contributed by atoms with Crippen LogP contribution in [0.1, 0.15) is 10.4 Å². The zero-order chi connectivity index (χ0) is 15.7. The number of nitrogens with zero attached hydrogens (tertiary/aromatic N) is 1. The zero-order valence-electron chi connectivity index (χ0n) is 11.8. The minimum absolute atomic E-state index is 0.00949. The molecule has 1 aliphatic heterocycles. The highest BCUT2D eigenvalue weighted by Crippen LogP contribution is 2.33. The Kier molecular flexibility index (Phi) is 3.50. The number of fused-ring (bicyclic) bond motifs is 1. The van der Waals surface area contributed by atoms with Gasteiger partial charge in [0.1, 0.15) is 11.6 Å². The summed E-state index contributed by atoms with van der Waals surface area (Å²) in [7, 11) is 1.63. The van der Waals surface area contributed by atoms with Crippen molar-refractivity contribution < 1.29 is 18.7 Å². The highest BCUT2D eigenvalue weighted by Gasteiger charge is 2.22. The average molecular weight is 300 g/mol. The zero-order valence-corrected chi connectivity index (χ0v) is 11.8. The number of nitrogens with one attached hydrogen (secondary N) is 1. The summed E-state index contributed by atoms with van der Waals surface area (Å²) in [6, 6.07) is 10.7. The molecule has 0 aromatic heterocycles. The summed E-state index contributed by atoms with van der Waals surface area (Å²) in [5, 5.41) is 2.61. The fourth-order valence-corrected chi connectivity index (χ4v) is 2.19. The standard InChI is InChI=1S/C16H13FN2O3/c1-19-13-8-10(6-7-14(13)22-9-15(19)20)18-16(21)11-4-2-3-5-12(11)17/h2-8H,9H2,1H3,(H,18,21). The number of ether oxygens (including phenoxy) is 1. The van der Waals surface area contributed by atoms with E-state index in [0.717, 1.165) is 0 Å². The van der Waals surface area contributed by atoms with Crippen molar-refractivity contribution in [2.75, 3.05) is 23.9 Å². The predicted octanol–water partition coefficient (Wildman–Crippen LogP) is 2.43. The molecule has 3 rings (SSSR count). The van der Waals surface area contributed by atoms with Gasteiger partial charge in [-0.05, 0) is 30.3 Å². The lowest BCUT2D eigenvalue weighted by molar-refractivity contribution is -0.120. The van der Waals surface area contributed by atoms with Crippen LogP contribution in [0, 0.1) is 5.82 Å². The molecule has 112 valence electrons. The van der Waals surface area contributed by atoms with E-state index in [4.69, 9.17) is 4.74 Å². The van der Waals surface area contributed by atoms with Crippen molar-refractivity contribution in [3.05, 3.63) is 53.8 Å². The van der Waals surface area contributed by atoms with Crippen molar-refractivity contribution in [3.8, 4) is 5.75 Å². The van der Waals surface area contributed by atoms with Crippen molar-refractivity contribution in [2.45, 2.75) is 0 Å². The fourth-order valence-electron chi connectivity index (χ4n) is 2.19. The number of amides is 2.